The quantitative estimate of drug-likeness (QED) is 0.796. The van der Waals surface area contributed by atoms with Gasteiger partial charge in [0, 0.05) is 0 Å². The molecule has 1 aromatic carbocycles. The van der Waals surface area contributed by atoms with Crippen molar-refractivity contribution in [3.8, 4) is 5.75 Å². The Morgan fingerprint density at radius 3 is 2.68 bits per heavy atom. The van der Waals surface area contributed by atoms with Crippen LogP contribution in [-0.4, -0.2) is 29.4 Å². The Morgan fingerprint density at radius 1 is 1.47 bits per heavy atom. The Kier molecular flexibility index (Phi) is 5.36. The summed E-state index contributed by atoms with van der Waals surface area (Å²) in [7, 11) is 1.60. The Bertz CT molecular complexity index is 430. The third-order valence-electron chi connectivity index (χ3n) is 3.50. The summed E-state index contributed by atoms with van der Waals surface area (Å²) in [6.45, 7) is 4.03. The SMILES string of the molecule is CCCC(C)(CC(O)C(=O)O)c1cccc(OC)c1. The fourth-order valence-corrected chi connectivity index (χ4v) is 2.43. The number of aliphatic hydroxyl groups excluding tert-OH is 1. The molecule has 19 heavy (non-hydrogen) atoms. The lowest BCUT2D eigenvalue weighted by molar-refractivity contribution is -0.147. The van der Waals surface area contributed by atoms with Gasteiger partial charge in [0.1, 0.15) is 5.75 Å². The molecule has 0 saturated carbocycles. The van der Waals surface area contributed by atoms with Crippen molar-refractivity contribution in [2.75, 3.05) is 7.11 Å². The molecule has 0 aliphatic carbocycles. The van der Waals surface area contributed by atoms with Gasteiger partial charge in [0.25, 0.3) is 0 Å². The molecule has 0 aliphatic rings. The first kappa shape index (κ1) is 15.5. The molecule has 1 rings (SSSR count). The number of aliphatic carboxylic acids is 1. The topological polar surface area (TPSA) is 66.8 Å². The van der Waals surface area contributed by atoms with Gasteiger partial charge in [-0.3, -0.25) is 0 Å². The fourth-order valence-electron chi connectivity index (χ4n) is 2.43. The summed E-state index contributed by atoms with van der Waals surface area (Å²) in [5.74, 6) is -0.435. The highest BCUT2D eigenvalue weighted by atomic mass is 16.5. The molecule has 0 amide bonds. The van der Waals surface area contributed by atoms with E-state index in [1.165, 1.54) is 0 Å². The third-order valence-corrected chi connectivity index (χ3v) is 3.50. The van der Waals surface area contributed by atoms with Crippen LogP contribution in [0.5, 0.6) is 5.75 Å². The van der Waals surface area contributed by atoms with Crippen molar-refractivity contribution in [3.05, 3.63) is 29.8 Å². The van der Waals surface area contributed by atoms with Crippen LogP contribution in [0.3, 0.4) is 0 Å². The summed E-state index contributed by atoms with van der Waals surface area (Å²) in [6, 6.07) is 7.59. The van der Waals surface area contributed by atoms with E-state index in [-0.39, 0.29) is 11.8 Å². The minimum atomic E-state index is -1.34. The summed E-state index contributed by atoms with van der Waals surface area (Å²) in [5, 5.41) is 18.5. The van der Waals surface area contributed by atoms with Crippen LogP contribution in [0.4, 0.5) is 0 Å². The first-order chi connectivity index (χ1) is 8.92. The number of rotatable bonds is 7. The zero-order chi connectivity index (χ0) is 14.5. The van der Waals surface area contributed by atoms with Crippen LogP contribution in [0.1, 0.15) is 38.7 Å². The van der Waals surface area contributed by atoms with Crippen LogP contribution < -0.4 is 4.74 Å². The standard InChI is InChI=1S/C15H22O4/c1-4-8-15(2,10-13(16)14(17)18)11-6-5-7-12(9-11)19-3/h5-7,9,13,16H,4,8,10H2,1-3H3,(H,17,18). The van der Waals surface area contributed by atoms with Crippen LogP contribution in [0.15, 0.2) is 24.3 Å². The molecule has 2 atom stereocenters. The molecular formula is C15H22O4. The van der Waals surface area contributed by atoms with Gasteiger partial charge in [-0.2, -0.15) is 0 Å². The molecule has 2 N–H and O–H groups in total. The highest BCUT2D eigenvalue weighted by Crippen LogP contribution is 2.35. The first-order valence-electron chi connectivity index (χ1n) is 6.48. The molecular weight excluding hydrogens is 244 g/mol. The van der Waals surface area contributed by atoms with Crippen molar-refractivity contribution in [1.82, 2.24) is 0 Å². The van der Waals surface area contributed by atoms with Gasteiger partial charge in [-0.25, -0.2) is 4.79 Å². The highest BCUT2D eigenvalue weighted by Gasteiger charge is 2.31. The van der Waals surface area contributed by atoms with Gasteiger partial charge in [-0.05, 0) is 36.0 Å². The van der Waals surface area contributed by atoms with E-state index in [1.807, 2.05) is 38.1 Å². The maximum atomic E-state index is 10.9. The van der Waals surface area contributed by atoms with E-state index in [1.54, 1.807) is 7.11 Å². The lowest BCUT2D eigenvalue weighted by atomic mass is 9.74. The maximum Gasteiger partial charge on any atom is 0.332 e. The summed E-state index contributed by atoms with van der Waals surface area (Å²) in [4.78, 5) is 10.9. The molecule has 1 aromatic rings. The Balaban J connectivity index is 3.05. The van der Waals surface area contributed by atoms with Crippen molar-refractivity contribution in [1.29, 1.82) is 0 Å². The minimum absolute atomic E-state index is 0.198. The van der Waals surface area contributed by atoms with Gasteiger partial charge in [-0.15, -0.1) is 0 Å². The zero-order valence-electron chi connectivity index (χ0n) is 11.7. The van der Waals surface area contributed by atoms with Crippen LogP contribution >= 0.6 is 0 Å². The molecule has 0 fully saturated rings. The number of carbonyl (C=O) groups is 1. The lowest BCUT2D eigenvalue weighted by Crippen LogP contribution is -2.32. The van der Waals surface area contributed by atoms with Gasteiger partial charge in [-0.1, -0.05) is 32.4 Å². The van der Waals surface area contributed by atoms with Gasteiger partial charge in [0.05, 0.1) is 7.11 Å². The van der Waals surface area contributed by atoms with Gasteiger partial charge < -0.3 is 14.9 Å². The van der Waals surface area contributed by atoms with E-state index in [0.717, 1.165) is 24.2 Å². The highest BCUT2D eigenvalue weighted by molar-refractivity contribution is 5.72. The summed E-state index contributed by atoms with van der Waals surface area (Å²) in [6.07, 6.45) is 0.580. The normalized spacial score (nSPS) is 15.6. The predicted molar refractivity (Wildman–Crippen MR) is 73.5 cm³/mol. The second-order valence-corrected chi connectivity index (χ2v) is 5.10. The summed E-state index contributed by atoms with van der Waals surface area (Å²) >= 11 is 0. The Hall–Kier alpha value is -1.55. The Morgan fingerprint density at radius 2 is 2.16 bits per heavy atom. The first-order valence-corrected chi connectivity index (χ1v) is 6.48. The summed E-state index contributed by atoms with van der Waals surface area (Å²) < 4.78 is 5.20. The average Bonchev–Trinajstić information content (AvgIpc) is 2.38. The number of aliphatic hydroxyl groups is 1. The number of benzene rings is 1. The van der Waals surface area contributed by atoms with Crippen LogP contribution in [0.25, 0.3) is 0 Å². The van der Waals surface area contributed by atoms with Crippen LogP contribution in [-0.2, 0) is 10.2 Å². The van der Waals surface area contributed by atoms with E-state index in [9.17, 15) is 9.90 Å². The largest absolute Gasteiger partial charge is 0.497 e. The molecule has 0 aliphatic heterocycles. The van der Waals surface area contributed by atoms with Gasteiger partial charge >= 0.3 is 5.97 Å². The molecule has 4 nitrogen and oxygen atoms in total. The van der Waals surface area contributed by atoms with Crippen molar-refractivity contribution >= 4 is 5.97 Å². The van der Waals surface area contributed by atoms with Crippen molar-refractivity contribution in [2.45, 2.75) is 44.6 Å². The van der Waals surface area contributed by atoms with Crippen LogP contribution in [0.2, 0.25) is 0 Å². The molecule has 0 saturated heterocycles. The summed E-state index contributed by atoms with van der Waals surface area (Å²) in [5.41, 5.74) is 0.621. The maximum absolute atomic E-state index is 10.9. The second kappa shape index (κ2) is 6.57. The molecule has 2 unspecified atom stereocenters. The second-order valence-electron chi connectivity index (χ2n) is 5.10. The van der Waals surface area contributed by atoms with E-state index in [0.29, 0.717) is 0 Å². The molecule has 0 aromatic heterocycles. The van der Waals surface area contributed by atoms with E-state index >= 15 is 0 Å². The lowest BCUT2D eigenvalue weighted by Gasteiger charge is -2.31. The minimum Gasteiger partial charge on any atom is -0.497 e. The predicted octanol–water partition coefficient (Wildman–Crippen LogP) is 2.59. The number of ether oxygens (including phenoxy) is 1. The zero-order valence-corrected chi connectivity index (χ0v) is 11.7. The Labute approximate surface area is 114 Å². The number of carboxylic acids is 1. The fraction of sp³-hybridized carbons (Fsp3) is 0.533. The molecule has 0 bridgehead atoms. The van der Waals surface area contributed by atoms with Crippen molar-refractivity contribution in [2.24, 2.45) is 0 Å². The average molecular weight is 266 g/mol. The van der Waals surface area contributed by atoms with Crippen molar-refractivity contribution in [3.63, 3.8) is 0 Å². The third kappa shape index (κ3) is 3.96. The number of methoxy groups -OCH3 is 1. The van der Waals surface area contributed by atoms with Crippen molar-refractivity contribution < 1.29 is 19.7 Å². The molecule has 0 radical (unpaired) electrons. The van der Waals surface area contributed by atoms with Crippen LogP contribution in [0, 0.1) is 0 Å². The number of hydrogen-bond donors (Lipinski definition) is 2. The van der Waals surface area contributed by atoms with E-state index < -0.39 is 12.1 Å². The number of hydrogen-bond acceptors (Lipinski definition) is 3. The van der Waals surface area contributed by atoms with E-state index in [2.05, 4.69) is 0 Å². The van der Waals surface area contributed by atoms with E-state index in [4.69, 9.17) is 9.84 Å². The molecule has 0 spiro atoms. The molecule has 4 heteroatoms. The number of carboxylic acid groups (broad SMARTS) is 1. The molecule has 0 heterocycles. The smallest absolute Gasteiger partial charge is 0.332 e. The molecule has 106 valence electrons. The van der Waals surface area contributed by atoms with Gasteiger partial charge in [0.2, 0.25) is 0 Å². The van der Waals surface area contributed by atoms with Gasteiger partial charge in [0.15, 0.2) is 6.10 Å². The monoisotopic (exact) mass is 266 g/mol.